The minimum atomic E-state index is -0.510. The normalized spacial score (nSPS) is 13.0. The highest BCUT2D eigenvalue weighted by Gasteiger charge is 2.21. The van der Waals surface area contributed by atoms with Crippen LogP contribution in [0.15, 0.2) is 29.1 Å². The van der Waals surface area contributed by atoms with Crippen molar-refractivity contribution in [2.45, 2.75) is 32.8 Å². The number of hydrogen-bond donors (Lipinski definition) is 1. The fourth-order valence-electron chi connectivity index (χ4n) is 3.16. The number of nitrogens with zero attached hydrogens (tertiary/aromatic N) is 1. The second-order valence-corrected chi connectivity index (χ2v) is 7.35. The van der Waals surface area contributed by atoms with Crippen molar-refractivity contribution in [3.05, 3.63) is 56.4 Å². The van der Waals surface area contributed by atoms with Gasteiger partial charge in [-0.25, -0.2) is 9.78 Å². The summed E-state index contributed by atoms with van der Waals surface area (Å²) < 4.78 is 10.6. The summed E-state index contributed by atoms with van der Waals surface area (Å²) >= 11 is 1.56. The molecule has 0 radical (unpaired) electrons. The van der Waals surface area contributed by atoms with E-state index in [1.54, 1.807) is 17.4 Å². The molecule has 0 fully saturated rings. The highest BCUT2D eigenvalue weighted by molar-refractivity contribution is 7.18. The van der Waals surface area contributed by atoms with Crippen LogP contribution >= 0.6 is 11.3 Å². The Morgan fingerprint density at radius 3 is 3.00 bits per heavy atom. The van der Waals surface area contributed by atoms with Crippen LogP contribution in [0.5, 0.6) is 5.75 Å². The minimum absolute atomic E-state index is 0.0797. The number of hydrogen-bond acceptors (Lipinski definition) is 6. The lowest BCUT2D eigenvalue weighted by molar-refractivity contribution is -0.147. The fraction of sp³-hybridized carbons (Fsp3) is 0.316. The van der Waals surface area contributed by atoms with Crippen LogP contribution in [0, 0.1) is 6.92 Å². The molecule has 0 saturated heterocycles. The standard InChI is InChI=1S/C19H18N2O4S/c1-11-5-2-3-7-13(11)24-10-16(22)25-9-15-20-18(23)17-12-6-4-8-14(12)26-19(17)21-15/h2-3,5,7H,4,6,8-10H2,1H3,(H,20,21,23). The number of aromatic nitrogens is 2. The van der Waals surface area contributed by atoms with E-state index in [0.29, 0.717) is 17.0 Å². The number of aryl methyl sites for hydroxylation is 3. The van der Waals surface area contributed by atoms with Crippen molar-refractivity contribution < 1.29 is 14.3 Å². The molecule has 0 spiro atoms. The number of ether oxygens (including phenoxy) is 2. The largest absolute Gasteiger partial charge is 0.482 e. The molecule has 6 nitrogen and oxygen atoms in total. The lowest BCUT2D eigenvalue weighted by atomic mass is 10.2. The number of carbonyl (C=O) groups excluding carboxylic acids is 1. The number of rotatable bonds is 5. The third-order valence-electron chi connectivity index (χ3n) is 4.43. The molecule has 1 aliphatic carbocycles. The van der Waals surface area contributed by atoms with E-state index in [1.165, 1.54) is 4.88 Å². The number of nitrogens with one attached hydrogen (secondary N) is 1. The monoisotopic (exact) mass is 370 g/mol. The van der Waals surface area contributed by atoms with E-state index in [0.717, 1.165) is 35.2 Å². The molecular weight excluding hydrogens is 352 g/mol. The van der Waals surface area contributed by atoms with Gasteiger partial charge in [0.15, 0.2) is 6.61 Å². The zero-order valence-corrected chi connectivity index (χ0v) is 15.1. The van der Waals surface area contributed by atoms with E-state index in [9.17, 15) is 9.59 Å². The summed E-state index contributed by atoms with van der Waals surface area (Å²) in [5, 5.41) is 0.695. The molecule has 7 heteroatoms. The highest BCUT2D eigenvalue weighted by atomic mass is 32.1. The van der Waals surface area contributed by atoms with E-state index in [2.05, 4.69) is 9.97 Å². The number of esters is 1. The van der Waals surface area contributed by atoms with Gasteiger partial charge in [0.25, 0.3) is 5.56 Å². The Balaban J connectivity index is 1.41. The Hall–Kier alpha value is -2.67. The molecule has 0 amide bonds. The van der Waals surface area contributed by atoms with Gasteiger partial charge in [-0.1, -0.05) is 18.2 Å². The number of aromatic amines is 1. The lowest BCUT2D eigenvalue weighted by Crippen LogP contribution is -2.18. The summed E-state index contributed by atoms with van der Waals surface area (Å²) in [6.45, 7) is 1.64. The van der Waals surface area contributed by atoms with Crippen LogP contribution in [0.3, 0.4) is 0 Å². The van der Waals surface area contributed by atoms with Crippen LogP contribution in [0.4, 0.5) is 0 Å². The molecule has 1 aliphatic rings. The van der Waals surface area contributed by atoms with Gasteiger partial charge in [0.2, 0.25) is 0 Å². The minimum Gasteiger partial charge on any atom is -0.482 e. The van der Waals surface area contributed by atoms with Gasteiger partial charge in [0.1, 0.15) is 23.0 Å². The molecule has 26 heavy (non-hydrogen) atoms. The number of H-pyrrole nitrogens is 1. The molecule has 0 aliphatic heterocycles. The molecule has 0 unspecified atom stereocenters. The van der Waals surface area contributed by atoms with Gasteiger partial charge in [-0.05, 0) is 43.4 Å². The Kier molecular flexibility index (Phi) is 4.46. The van der Waals surface area contributed by atoms with Gasteiger partial charge < -0.3 is 14.5 Å². The van der Waals surface area contributed by atoms with E-state index in [4.69, 9.17) is 9.47 Å². The Morgan fingerprint density at radius 1 is 1.31 bits per heavy atom. The van der Waals surface area contributed by atoms with Crippen molar-refractivity contribution in [3.8, 4) is 5.75 Å². The smallest absolute Gasteiger partial charge is 0.344 e. The zero-order valence-electron chi connectivity index (χ0n) is 14.3. The SMILES string of the molecule is Cc1ccccc1OCC(=O)OCc1nc2sc3c(c2c(=O)[nH]1)CCC3. The lowest BCUT2D eigenvalue weighted by Gasteiger charge is -2.08. The first-order valence-electron chi connectivity index (χ1n) is 8.49. The molecule has 134 valence electrons. The zero-order chi connectivity index (χ0) is 18.1. The maximum Gasteiger partial charge on any atom is 0.344 e. The van der Waals surface area contributed by atoms with Crippen LogP contribution in [-0.2, 0) is 29.0 Å². The second kappa shape index (κ2) is 6.92. The third-order valence-corrected chi connectivity index (χ3v) is 5.62. The van der Waals surface area contributed by atoms with Gasteiger partial charge >= 0.3 is 5.97 Å². The van der Waals surface area contributed by atoms with Crippen molar-refractivity contribution in [2.24, 2.45) is 0 Å². The predicted molar refractivity (Wildman–Crippen MR) is 98.7 cm³/mol. The molecule has 0 saturated carbocycles. The van der Waals surface area contributed by atoms with E-state index < -0.39 is 5.97 Å². The molecule has 4 rings (SSSR count). The first kappa shape index (κ1) is 16.8. The van der Waals surface area contributed by atoms with Crippen molar-refractivity contribution in [2.75, 3.05) is 6.61 Å². The summed E-state index contributed by atoms with van der Waals surface area (Å²) in [6, 6.07) is 7.45. The van der Waals surface area contributed by atoms with Crippen LogP contribution in [0.2, 0.25) is 0 Å². The number of para-hydroxylation sites is 1. The Morgan fingerprint density at radius 2 is 2.15 bits per heavy atom. The summed E-state index contributed by atoms with van der Waals surface area (Å²) in [6.07, 6.45) is 3.04. The maximum atomic E-state index is 12.4. The number of thiophene rings is 1. The number of fused-ring (bicyclic) bond motifs is 3. The second-order valence-electron chi connectivity index (χ2n) is 6.26. The average molecular weight is 370 g/mol. The van der Waals surface area contributed by atoms with Gasteiger partial charge in [-0.3, -0.25) is 4.79 Å². The predicted octanol–water partition coefficient (Wildman–Crippen LogP) is 2.90. The van der Waals surface area contributed by atoms with E-state index >= 15 is 0 Å². The first-order valence-corrected chi connectivity index (χ1v) is 9.31. The van der Waals surface area contributed by atoms with Gasteiger partial charge in [-0.2, -0.15) is 0 Å². The summed E-state index contributed by atoms with van der Waals surface area (Å²) in [7, 11) is 0. The van der Waals surface area contributed by atoms with Crippen molar-refractivity contribution >= 4 is 27.5 Å². The molecule has 2 heterocycles. The van der Waals surface area contributed by atoms with Gasteiger partial charge in [0.05, 0.1) is 5.39 Å². The molecule has 0 bridgehead atoms. The molecule has 1 N–H and O–H groups in total. The van der Waals surface area contributed by atoms with Crippen LogP contribution in [0.25, 0.3) is 10.2 Å². The van der Waals surface area contributed by atoms with Crippen LogP contribution in [-0.4, -0.2) is 22.5 Å². The fourth-order valence-corrected chi connectivity index (χ4v) is 4.44. The van der Waals surface area contributed by atoms with Crippen molar-refractivity contribution in [1.29, 1.82) is 0 Å². The van der Waals surface area contributed by atoms with Gasteiger partial charge in [-0.15, -0.1) is 11.3 Å². The van der Waals surface area contributed by atoms with E-state index in [-0.39, 0.29) is 18.8 Å². The average Bonchev–Trinajstić information content (AvgIpc) is 3.19. The maximum absolute atomic E-state index is 12.4. The quantitative estimate of drug-likeness (QED) is 0.699. The number of benzene rings is 1. The number of carbonyl (C=O) groups is 1. The summed E-state index contributed by atoms with van der Waals surface area (Å²) in [4.78, 5) is 33.4. The molecule has 2 aromatic heterocycles. The summed E-state index contributed by atoms with van der Waals surface area (Å²) in [5.41, 5.74) is 1.92. The summed E-state index contributed by atoms with van der Waals surface area (Å²) in [5.74, 6) is 0.488. The molecule has 1 aromatic carbocycles. The van der Waals surface area contributed by atoms with Crippen LogP contribution in [0.1, 0.15) is 28.2 Å². The topological polar surface area (TPSA) is 81.3 Å². The molecule has 0 atom stereocenters. The van der Waals surface area contributed by atoms with E-state index in [1.807, 2.05) is 25.1 Å². The Labute approximate surface area is 153 Å². The first-order chi connectivity index (χ1) is 12.6. The van der Waals surface area contributed by atoms with Crippen LogP contribution < -0.4 is 10.3 Å². The van der Waals surface area contributed by atoms with Crippen molar-refractivity contribution in [3.63, 3.8) is 0 Å². The van der Waals surface area contributed by atoms with Gasteiger partial charge in [0, 0.05) is 4.88 Å². The highest BCUT2D eigenvalue weighted by Crippen LogP contribution is 2.34. The molecular formula is C19H18N2O4S. The molecule has 3 aromatic rings. The Bertz CT molecular complexity index is 1040. The van der Waals surface area contributed by atoms with Crippen molar-refractivity contribution in [1.82, 2.24) is 9.97 Å². The third kappa shape index (κ3) is 3.22.